The summed E-state index contributed by atoms with van der Waals surface area (Å²) < 4.78 is 46.8. The van der Waals surface area contributed by atoms with Gasteiger partial charge in [-0.05, 0) is 31.2 Å². The number of benzene rings is 1. The third kappa shape index (κ3) is 6.95. The van der Waals surface area contributed by atoms with Crippen molar-refractivity contribution in [1.29, 1.82) is 0 Å². The summed E-state index contributed by atoms with van der Waals surface area (Å²) in [5.74, 6) is -0.0163. The van der Waals surface area contributed by atoms with E-state index in [1.165, 1.54) is 25.4 Å². The van der Waals surface area contributed by atoms with Gasteiger partial charge in [-0.15, -0.1) is 0 Å². The van der Waals surface area contributed by atoms with Crippen LogP contribution in [0, 0.1) is 0 Å². The molecule has 4 rings (SSSR count). The number of alkyl halides is 3. The lowest BCUT2D eigenvalue weighted by Gasteiger charge is -2.36. The molecule has 1 aromatic carbocycles. The minimum absolute atomic E-state index is 0.120. The normalized spacial score (nSPS) is 14.8. The van der Waals surface area contributed by atoms with Crippen LogP contribution >= 0.6 is 0 Å². The zero-order valence-corrected chi connectivity index (χ0v) is 21.9. The standard InChI is InChI=1S/C26H29F3N8O3/c1-4-23(39)32-17-6-5-7-18(12-17)33-24-19(26(27,28)29)14-31-25(35-24)34-20-15-30-22(13-21(20)40-3)37-10-8-36(9-11-37)16(2)38/h4-7,12-16,38H,1,8-11H2,2-3H3,(H,32,39)(H2,31,33,34,35). The van der Waals surface area contributed by atoms with Crippen LogP contribution in [0.15, 0.2) is 55.4 Å². The van der Waals surface area contributed by atoms with E-state index in [-0.39, 0.29) is 11.6 Å². The lowest BCUT2D eigenvalue weighted by molar-refractivity contribution is -0.137. The van der Waals surface area contributed by atoms with Crippen LogP contribution in [0.2, 0.25) is 0 Å². The highest BCUT2D eigenvalue weighted by molar-refractivity contribution is 5.99. The van der Waals surface area contributed by atoms with Crippen molar-refractivity contribution in [3.05, 3.63) is 60.9 Å². The Bertz CT molecular complexity index is 1360. The van der Waals surface area contributed by atoms with Gasteiger partial charge in [-0.25, -0.2) is 9.97 Å². The van der Waals surface area contributed by atoms with Gasteiger partial charge in [-0.1, -0.05) is 12.6 Å². The Labute approximate surface area is 228 Å². The molecule has 3 aromatic rings. The predicted molar refractivity (Wildman–Crippen MR) is 145 cm³/mol. The van der Waals surface area contributed by atoms with Gasteiger partial charge >= 0.3 is 6.18 Å². The van der Waals surface area contributed by atoms with Gasteiger partial charge in [0, 0.05) is 49.8 Å². The highest BCUT2D eigenvalue weighted by Crippen LogP contribution is 2.36. The third-order valence-corrected chi connectivity index (χ3v) is 6.16. The van der Waals surface area contributed by atoms with E-state index in [2.05, 4.69) is 37.5 Å². The average molecular weight is 559 g/mol. The number of carbonyl (C=O) groups is 1. The summed E-state index contributed by atoms with van der Waals surface area (Å²) in [7, 11) is 1.47. The van der Waals surface area contributed by atoms with Crippen molar-refractivity contribution in [1.82, 2.24) is 19.9 Å². The molecule has 1 amide bonds. The Kier molecular flexibility index (Phi) is 8.70. The Balaban J connectivity index is 1.56. The van der Waals surface area contributed by atoms with Crippen LogP contribution in [0.5, 0.6) is 5.75 Å². The quantitative estimate of drug-likeness (QED) is 0.287. The molecule has 1 fully saturated rings. The highest BCUT2D eigenvalue weighted by Gasteiger charge is 2.35. The number of piperazine rings is 1. The van der Waals surface area contributed by atoms with Crippen molar-refractivity contribution < 1.29 is 27.8 Å². The van der Waals surface area contributed by atoms with E-state index < -0.39 is 29.7 Å². The molecule has 0 spiro atoms. The number of halogens is 3. The number of nitrogens with one attached hydrogen (secondary N) is 3. The summed E-state index contributed by atoms with van der Waals surface area (Å²) in [6.07, 6.45) is -2.00. The van der Waals surface area contributed by atoms with Crippen LogP contribution in [0.1, 0.15) is 12.5 Å². The van der Waals surface area contributed by atoms with Gasteiger partial charge < -0.3 is 30.7 Å². The van der Waals surface area contributed by atoms with Crippen LogP contribution in [-0.4, -0.2) is 70.4 Å². The molecule has 0 bridgehead atoms. The number of pyridine rings is 1. The number of rotatable bonds is 9. The second-order valence-electron chi connectivity index (χ2n) is 8.88. The van der Waals surface area contributed by atoms with Crippen molar-refractivity contribution >= 4 is 40.6 Å². The summed E-state index contributed by atoms with van der Waals surface area (Å²) >= 11 is 0. The van der Waals surface area contributed by atoms with Crippen molar-refractivity contribution in [2.75, 3.05) is 54.1 Å². The monoisotopic (exact) mass is 558 g/mol. The molecular weight excluding hydrogens is 529 g/mol. The number of aliphatic hydroxyl groups is 1. The molecule has 4 N–H and O–H groups in total. The molecule has 1 saturated heterocycles. The Morgan fingerprint density at radius 2 is 1.85 bits per heavy atom. The first-order chi connectivity index (χ1) is 19.1. The number of hydrogen-bond acceptors (Lipinski definition) is 10. The zero-order valence-electron chi connectivity index (χ0n) is 21.9. The number of anilines is 6. The first-order valence-electron chi connectivity index (χ1n) is 12.3. The number of hydrogen-bond donors (Lipinski definition) is 4. The summed E-state index contributed by atoms with van der Waals surface area (Å²) in [5, 5.41) is 17.9. The molecule has 0 saturated carbocycles. The van der Waals surface area contributed by atoms with E-state index >= 15 is 0 Å². The number of amides is 1. The predicted octanol–water partition coefficient (Wildman–Crippen LogP) is 3.97. The van der Waals surface area contributed by atoms with Crippen molar-refractivity contribution in [2.24, 2.45) is 0 Å². The molecule has 0 aliphatic carbocycles. The van der Waals surface area contributed by atoms with E-state index in [0.717, 1.165) is 6.08 Å². The van der Waals surface area contributed by atoms with E-state index in [1.807, 2.05) is 9.80 Å². The minimum Gasteiger partial charge on any atom is -0.494 e. The average Bonchev–Trinajstić information content (AvgIpc) is 2.93. The molecule has 14 heteroatoms. The number of methoxy groups -OCH3 is 1. The number of nitrogens with zero attached hydrogens (tertiary/aromatic N) is 5. The Morgan fingerprint density at radius 1 is 1.12 bits per heavy atom. The molecule has 1 unspecified atom stereocenters. The van der Waals surface area contributed by atoms with Crippen molar-refractivity contribution in [3.63, 3.8) is 0 Å². The number of aromatic nitrogens is 3. The van der Waals surface area contributed by atoms with Gasteiger partial charge in [-0.3, -0.25) is 9.69 Å². The second kappa shape index (κ2) is 12.2. The Hall–Kier alpha value is -4.43. The fraction of sp³-hybridized carbons (Fsp3) is 0.308. The van der Waals surface area contributed by atoms with Gasteiger partial charge in [0.15, 0.2) is 0 Å². The van der Waals surface area contributed by atoms with Crippen LogP contribution < -0.4 is 25.6 Å². The zero-order chi connectivity index (χ0) is 28.9. The lowest BCUT2D eigenvalue weighted by atomic mass is 10.2. The van der Waals surface area contributed by atoms with Gasteiger partial charge in [0.05, 0.1) is 13.3 Å². The molecule has 3 heterocycles. The topological polar surface area (TPSA) is 128 Å². The molecule has 40 heavy (non-hydrogen) atoms. The smallest absolute Gasteiger partial charge is 0.421 e. The van der Waals surface area contributed by atoms with Crippen LogP contribution in [-0.2, 0) is 11.0 Å². The molecule has 1 aliphatic heterocycles. The van der Waals surface area contributed by atoms with Crippen LogP contribution in [0.25, 0.3) is 0 Å². The summed E-state index contributed by atoms with van der Waals surface area (Å²) in [4.78, 5) is 28.0. The van der Waals surface area contributed by atoms with E-state index in [9.17, 15) is 23.1 Å². The minimum atomic E-state index is -4.73. The lowest BCUT2D eigenvalue weighted by Crippen LogP contribution is -2.49. The van der Waals surface area contributed by atoms with Crippen LogP contribution in [0.4, 0.5) is 47.8 Å². The van der Waals surface area contributed by atoms with Gasteiger partial charge in [0.1, 0.15) is 34.9 Å². The number of aliphatic hydroxyl groups excluding tert-OH is 1. The summed E-state index contributed by atoms with van der Waals surface area (Å²) in [5.41, 5.74) is -0.0978. The molecule has 212 valence electrons. The maximum absolute atomic E-state index is 13.8. The van der Waals surface area contributed by atoms with Gasteiger partial charge in [0.25, 0.3) is 0 Å². The van der Waals surface area contributed by atoms with E-state index in [0.29, 0.717) is 55.3 Å². The Morgan fingerprint density at radius 3 is 2.50 bits per heavy atom. The fourth-order valence-corrected chi connectivity index (χ4v) is 4.06. The first kappa shape index (κ1) is 28.6. The first-order valence-corrected chi connectivity index (χ1v) is 12.3. The largest absolute Gasteiger partial charge is 0.494 e. The maximum atomic E-state index is 13.8. The fourth-order valence-electron chi connectivity index (χ4n) is 4.06. The second-order valence-corrected chi connectivity index (χ2v) is 8.88. The number of carbonyl (C=O) groups excluding carboxylic acids is 1. The van der Waals surface area contributed by atoms with E-state index in [1.54, 1.807) is 25.1 Å². The third-order valence-electron chi connectivity index (χ3n) is 6.16. The molecule has 1 atom stereocenters. The van der Waals surface area contributed by atoms with Crippen molar-refractivity contribution in [2.45, 2.75) is 19.3 Å². The summed E-state index contributed by atoms with van der Waals surface area (Å²) in [6, 6.07) is 7.86. The van der Waals surface area contributed by atoms with E-state index in [4.69, 9.17) is 4.74 Å². The SMILES string of the molecule is C=CC(=O)Nc1cccc(Nc2nc(Nc3cnc(N4CCN(C(C)O)CC4)cc3OC)ncc2C(F)(F)F)c1. The number of ether oxygens (including phenoxy) is 1. The molecule has 1 aliphatic rings. The maximum Gasteiger partial charge on any atom is 0.421 e. The molecule has 2 aromatic heterocycles. The molecule has 11 nitrogen and oxygen atoms in total. The van der Waals surface area contributed by atoms with Gasteiger partial charge in [-0.2, -0.15) is 18.2 Å². The summed E-state index contributed by atoms with van der Waals surface area (Å²) in [6.45, 7) is 7.75. The molecule has 0 radical (unpaired) electrons. The van der Waals surface area contributed by atoms with Crippen LogP contribution in [0.3, 0.4) is 0 Å². The van der Waals surface area contributed by atoms with Crippen molar-refractivity contribution in [3.8, 4) is 5.75 Å². The van der Waals surface area contributed by atoms with Gasteiger partial charge in [0.2, 0.25) is 11.9 Å². The molecular formula is C26H29F3N8O3. The highest BCUT2D eigenvalue weighted by atomic mass is 19.4.